The number of rotatable bonds is 5. The van der Waals surface area contributed by atoms with Gasteiger partial charge in [-0.15, -0.1) is 0 Å². The van der Waals surface area contributed by atoms with Gasteiger partial charge in [0, 0.05) is 18.2 Å². The van der Waals surface area contributed by atoms with E-state index in [1.165, 1.54) is 11.1 Å². The number of hydrogen-bond acceptors (Lipinski definition) is 2. The minimum atomic E-state index is -0.194. The van der Waals surface area contributed by atoms with Crippen molar-refractivity contribution in [2.24, 2.45) is 10.7 Å². The molecule has 2 rings (SSSR count). The Labute approximate surface area is 144 Å². The highest BCUT2D eigenvalue weighted by molar-refractivity contribution is 5.83. The number of aryl methyl sites for hydroxylation is 2. The normalized spacial score (nSPS) is 15.1. The minimum absolute atomic E-state index is 0.194. The Balaban J connectivity index is 2.59. The summed E-state index contributed by atoms with van der Waals surface area (Å²) >= 11 is 0. The van der Waals surface area contributed by atoms with Gasteiger partial charge in [0.2, 0.25) is 0 Å². The molecule has 2 nitrogen and oxygen atoms in total. The summed E-state index contributed by atoms with van der Waals surface area (Å²) in [6.45, 7) is 8.36. The quantitative estimate of drug-likeness (QED) is 0.794. The average Bonchev–Trinajstić information content (AvgIpc) is 2.78. The molecule has 0 atom stereocenters. The van der Waals surface area contributed by atoms with Gasteiger partial charge in [0.1, 0.15) is 11.7 Å². The van der Waals surface area contributed by atoms with E-state index >= 15 is 4.39 Å². The standard InChI is InChI=1S/C21H27FN2/c1-5-16-12-17(6-2)18(7-3)21(14(16)4)19(22)11-15-9-8-10-20(23)24-13-15/h8-9,11-13H,5-7,10H2,1-4H3,(H2,23,24)/b19-11-. The molecule has 0 saturated heterocycles. The van der Waals surface area contributed by atoms with Gasteiger partial charge >= 0.3 is 0 Å². The van der Waals surface area contributed by atoms with Crippen LogP contribution in [0.4, 0.5) is 4.39 Å². The molecule has 1 aliphatic rings. The first kappa shape index (κ1) is 18.2. The van der Waals surface area contributed by atoms with Gasteiger partial charge in [0.25, 0.3) is 0 Å². The molecular weight excluding hydrogens is 299 g/mol. The molecule has 3 heteroatoms. The van der Waals surface area contributed by atoms with E-state index in [-0.39, 0.29) is 5.83 Å². The molecule has 0 radical (unpaired) electrons. The predicted molar refractivity (Wildman–Crippen MR) is 102 cm³/mol. The van der Waals surface area contributed by atoms with Crippen molar-refractivity contribution in [1.82, 2.24) is 0 Å². The van der Waals surface area contributed by atoms with Crippen LogP contribution in [-0.4, -0.2) is 5.84 Å². The first-order chi connectivity index (χ1) is 11.5. The number of halogens is 1. The third-order valence-electron chi connectivity index (χ3n) is 4.56. The third-order valence-corrected chi connectivity index (χ3v) is 4.56. The molecule has 0 saturated carbocycles. The second-order valence-electron chi connectivity index (χ2n) is 6.08. The highest BCUT2D eigenvalue weighted by Gasteiger charge is 2.16. The molecule has 2 N–H and O–H groups in total. The van der Waals surface area contributed by atoms with Crippen LogP contribution in [0.2, 0.25) is 0 Å². The van der Waals surface area contributed by atoms with E-state index < -0.39 is 0 Å². The number of aliphatic imine (C=N–C) groups is 1. The fourth-order valence-corrected chi connectivity index (χ4v) is 3.24. The Hall–Kier alpha value is -2.16. The fraction of sp³-hybridized carbons (Fsp3) is 0.381. The lowest BCUT2D eigenvalue weighted by Gasteiger charge is -2.18. The molecule has 1 aliphatic heterocycles. The van der Waals surface area contributed by atoms with E-state index in [0.29, 0.717) is 12.3 Å². The monoisotopic (exact) mass is 326 g/mol. The van der Waals surface area contributed by atoms with Crippen LogP contribution in [0.3, 0.4) is 0 Å². The van der Waals surface area contributed by atoms with Crippen LogP contribution in [0.25, 0.3) is 5.83 Å². The van der Waals surface area contributed by atoms with E-state index in [1.54, 1.807) is 12.3 Å². The molecule has 1 heterocycles. The molecule has 0 amide bonds. The van der Waals surface area contributed by atoms with Crippen molar-refractivity contribution in [2.75, 3.05) is 0 Å². The zero-order valence-corrected chi connectivity index (χ0v) is 15.1. The Kier molecular flexibility index (Phi) is 6.13. The number of amidine groups is 1. The molecule has 0 unspecified atom stereocenters. The van der Waals surface area contributed by atoms with Crippen LogP contribution in [0, 0.1) is 6.92 Å². The van der Waals surface area contributed by atoms with Crippen molar-refractivity contribution >= 4 is 11.7 Å². The summed E-state index contributed by atoms with van der Waals surface area (Å²) in [5.41, 5.74) is 11.8. The Bertz CT molecular complexity index is 737. The van der Waals surface area contributed by atoms with Gasteiger partial charge in [-0.1, -0.05) is 39.0 Å². The zero-order valence-electron chi connectivity index (χ0n) is 15.1. The number of allylic oxidation sites excluding steroid dienone is 3. The van der Waals surface area contributed by atoms with Gasteiger partial charge in [-0.2, -0.15) is 0 Å². The van der Waals surface area contributed by atoms with Crippen molar-refractivity contribution in [1.29, 1.82) is 0 Å². The smallest absolute Gasteiger partial charge is 0.131 e. The zero-order chi connectivity index (χ0) is 17.7. The summed E-state index contributed by atoms with van der Waals surface area (Å²) < 4.78 is 15.2. The lowest BCUT2D eigenvalue weighted by Crippen LogP contribution is -2.08. The molecule has 0 spiro atoms. The fourth-order valence-electron chi connectivity index (χ4n) is 3.24. The van der Waals surface area contributed by atoms with Crippen molar-refractivity contribution in [3.05, 3.63) is 63.9 Å². The van der Waals surface area contributed by atoms with Crippen LogP contribution >= 0.6 is 0 Å². The van der Waals surface area contributed by atoms with E-state index in [2.05, 4.69) is 31.8 Å². The molecule has 0 fully saturated rings. The van der Waals surface area contributed by atoms with Gasteiger partial charge in [0.15, 0.2) is 0 Å². The van der Waals surface area contributed by atoms with Crippen LogP contribution in [-0.2, 0) is 19.3 Å². The second kappa shape index (κ2) is 8.09. The van der Waals surface area contributed by atoms with Crippen LogP contribution in [0.1, 0.15) is 55.0 Å². The Morgan fingerprint density at radius 1 is 1.21 bits per heavy atom. The molecule has 0 aliphatic carbocycles. The van der Waals surface area contributed by atoms with E-state index in [4.69, 9.17) is 5.73 Å². The summed E-state index contributed by atoms with van der Waals surface area (Å²) in [7, 11) is 0. The van der Waals surface area contributed by atoms with E-state index in [0.717, 1.165) is 41.5 Å². The highest BCUT2D eigenvalue weighted by Crippen LogP contribution is 2.32. The van der Waals surface area contributed by atoms with Crippen LogP contribution in [0.5, 0.6) is 0 Å². The van der Waals surface area contributed by atoms with Gasteiger partial charge in [0.05, 0.1) is 0 Å². The van der Waals surface area contributed by atoms with Crippen LogP contribution < -0.4 is 5.73 Å². The predicted octanol–water partition coefficient (Wildman–Crippen LogP) is 5.19. The molecule has 24 heavy (non-hydrogen) atoms. The second-order valence-corrected chi connectivity index (χ2v) is 6.08. The number of nitrogens with zero attached hydrogens (tertiary/aromatic N) is 1. The Morgan fingerprint density at radius 2 is 1.92 bits per heavy atom. The molecular formula is C21H27FN2. The molecule has 0 bridgehead atoms. The molecule has 128 valence electrons. The average molecular weight is 326 g/mol. The van der Waals surface area contributed by atoms with Crippen LogP contribution in [0.15, 0.2) is 41.1 Å². The maximum atomic E-state index is 15.2. The first-order valence-corrected chi connectivity index (χ1v) is 8.72. The first-order valence-electron chi connectivity index (χ1n) is 8.72. The number of hydrogen-bond donors (Lipinski definition) is 1. The maximum Gasteiger partial charge on any atom is 0.131 e. The number of benzene rings is 1. The minimum Gasteiger partial charge on any atom is -0.387 e. The SMILES string of the molecule is CCc1cc(CC)c(CC)c(/C(F)=C/C2=CN=C(N)CC=C2)c1C. The van der Waals surface area contributed by atoms with E-state index in [1.807, 2.05) is 19.1 Å². The number of nitrogens with two attached hydrogens (primary N) is 1. The largest absolute Gasteiger partial charge is 0.387 e. The summed E-state index contributed by atoms with van der Waals surface area (Å²) in [6.07, 6.45) is 10.2. The summed E-state index contributed by atoms with van der Waals surface area (Å²) in [4.78, 5) is 4.14. The van der Waals surface area contributed by atoms with Crippen molar-refractivity contribution in [3.63, 3.8) is 0 Å². The van der Waals surface area contributed by atoms with Crippen molar-refractivity contribution < 1.29 is 4.39 Å². The lowest BCUT2D eigenvalue weighted by molar-refractivity contribution is 0.752. The van der Waals surface area contributed by atoms with Gasteiger partial charge in [-0.05, 0) is 60.1 Å². The van der Waals surface area contributed by atoms with Gasteiger partial charge in [-0.25, -0.2) is 9.38 Å². The summed E-state index contributed by atoms with van der Waals surface area (Å²) in [5.74, 6) is 0.350. The summed E-state index contributed by atoms with van der Waals surface area (Å²) in [5, 5.41) is 0. The topological polar surface area (TPSA) is 38.4 Å². The van der Waals surface area contributed by atoms with Gasteiger partial charge in [-0.3, -0.25) is 0 Å². The Morgan fingerprint density at radius 3 is 2.54 bits per heavy atom. The van der Waals surface area contributed by atoms with Crippen molar-refractivity contribution in [3.8, 4) is 0 Å². The van der Waals surface area contributed by atoms with E-state index in [9.17, 15) is 0 Å². The summed E-state index contributed by atoms with van der Waals surface area (Å²) in [6, 6.07) is 2.24. The molecule has 1 aromatic rings. The third kappa shape index (κ3) is 3.84. The molecule has 0 aromatic heterocycles. The van der Waals surface area contributed by atoms with Crippen molar-refractivity contribution in [2.45, 2.75) is 53.4 Å². The molecule has 1 aromatic carbocycles. The maximum absolute atomic E-state index is 15.2. The van der Waals surface area contributed by atoms with Gasteiger partial charge < -0.3 is 5.73 Å². The lowest BCUT2D eigenvalue weighted by atomic mass is 9.88. The highest BCUT2D eigenvalue weighted by atomic mass is 19.1.